The maximum Gasteiger partial charge on any atom is 0.335 e. The number of aromatic carboxylic acids is 1. The molecule has 22 heavy (non-hydrogen) atoms. The number of nitrogens with one attached hydrogen (secondary N) is 1. The predicted molar refractivity (Wildman–Crippen MR) is 83.8 cm³/mol. The molecule has 0 aliphatic carbocycles. The first-order valence-corrected chi connectivity index (χ1v) is 6.53. The van der Waals surface area contributed by atoms with Crippen LogP contribution in [0.5, 0.6) is 5.75 Å². The molecule has 0 spiro atoms. The van der Waals surface area contributed by atoms with Crippen molar-refractivity contribution < 1.29 is 19.8 Å². The van der Waals surface area contributed by atoms with Gasteiger partial charge in [0.15, 0.2) is 0 Å². The Labute approximate surface area is 127 Å². The normalized spacial score (nSPS) is 10.1. The first-order valence-electron chi connectivity index (χ1n) is 6.53. The van der Waals surface area contributed by atoms with Gasteiger partial charge in [0.05, 0.1) is 11.3 Å². The fourth-order valence-corrected chi connectivity index (χ4v) is 1.88. The van der Waals surface area contributed by atoms with Crippen LogP contribution in [0.3, 0.4) is 0 Å². The largest absolute Gasteiger partial charge is 0.506 e. The summed E-state index contributed by atoms with van der Waals surface area (Å²) >= 11 is 0. The quantitative estimate of drug-likeness (QED) is 0.754. The molecule has 0 aliphatic heterocycles. The summed E-state index contributed by atoms with van der Waals surface area (Å²) in [5, 5.41) is 21.1. The molecule has 0 bridgehead atoms. The Hall–Kier alpha value is -3.02. The van der Waals surface area contributed by atoms with Crippen LogP contribution in [0, 0.1) is 0 Å². The number of rotatable bonds is 4. The fraction of sp³-hybridized carbons (Fsp3) is 0.125. The Kier molecular flexibility index (Phi) is 4.31. The molecule has 6 heteroatoms. The van der Waals surface area contributed by atoms with Crippen LogP contribution < -0.4 is 10.2 Å². The van der Waals surface area contributed by atoms with Crippen LogP contribution >= 0.6 is 0 Å². The van der Waals surface area contributed by atoms with E-state index in [9.17, 15) is 14.7 Å². The van der Waals surface area contributed by atoms with Gasteiger partial charge in [-0.1, -0.05) is 0 Å². The molecule has 3 N–H and O–H groups in total. The maximum atomic E-state index is 12.1. The van der Waals surface area contributed by atoms with E-state index in [0.29, 0.717) is 5.56 Å². The van der Waals surface area contributed by atoms with Gasteiger partial charge < -0.3 is 20.4 Å². The zero-order valence-electron chi connectivity index (χ0n) is 12.2. The number of anilines is 2. The molecule has 2 aromatic rings. The van der Waals surface area contributed by atoms with Crippen molar-refractivity contribution in [3.8, 4) is 5.75 Å². The van der Waals surface area contributed by atoms with Gasteiger partial charge in [0, 0.05) is 25.3 Å². The molecule has 0 aliphatic rings. The average molecular weight is 300 g/mol. The molecular formula is C16H16N2O4. The Balaban J connectivity index is 2.16. The summed E-state index contributed by atoms with van der Waals surface area (Å²) in [5.41, 5.74) is 1.51. The molecule has 6 nitrogen and oxygen atoms in total. The van der Waals surface area contributed by atoms with Gasteiger partial charge in [0.25, 0.3) is 5.91 Å². The van der Waals surface area contributed by atoms with Crippen molar-refractivity contribution in [1.82, 2.24) is 0 Å². The second-order valence-corrected chi connectivity index (χ2v) is 4.93. The van der Waals surface area contributed by atoms with Crippen molar-refractivity contribution >= 4 is 23.3 Å². The second kappa shape index (κ2) is 6.17. The van der Waals surface area contributed by atoms with E-state index in [4.69, 9.17) is 5.11 Å². The molecule has 0 fully saturated rings. The zero-order chi connectivity index (χ0) is 16.3. The molecule has 0 radical (unpaired) electrons. The smallest absolute Gasteiger partial charge is 0.335 e. The molecule has 0 aromatic heterocycles. The van der Waals surface area contributed by atoms with Crippen LogP contribution in [0.4, 0.5) is 11.4 Å². The molecule has 0 saturated heterocycles. The van der Waals surface area contributed by atoms with Crippen molar-refractivity contribution in [2.24, 2.45) is 0 Å². The minimum atomic E-state index is -1.15. The van der Waals surface area contributed by atoms with Crippen LogP contribution in [-0.2, 0) is 0 Å². The van der Waals surface area contributed by atoms with E-state index in [-0.39, 0.29) is 22.9 Å². The van der Waals surface area contributed by atoms with Gasteiger partial charge in [-0.25, -0.2) is 4.79 Å². The topological polar surface area (TPSA) is 89.9 Å². The van der Waals surface area contributed by atoms with Crippen LogP contribution in [0.25, 0.3) is 0 Å². The summed E-state index contributed by atoms with van der Waals surface area (Å²) in [4.78, 5) is 24.8. The minimum absolute atomic E-state index is 0.0502. The van der Waals surface area contributed by atoms with E-state index >= 15 is 0 Å². The Morgan fingerprint density at radius 2 is 1.59 bits per heavy atom. The van der Waals surface area contributed by atoms with Gasteiger partial charge in [-0.3, -0.25) is 4.79 Å². The maximum absolute atomic E-state index is 12.1. The molecular weight excluding hydrogens is 284 g/mol. The standard InChI is InChI=1S/C16H16N2O4/c1-18(2)12-6-3-10(4-7-12)15(20)17-13-8-5-11(16(21)22)9-14(13)19/h3-9,19H,1-2H3,(H,17,20)(H,21,22). The van der Waals surface area contributed by atoms with E-state index in [1.807, 2.05) is 31.1 Å². The van der Waals surface area contributed by atoms with Crippen molar-refractivity contribution in [2.75, 3.05) is 24.3 Å². The van der Waals surface area contributed by atoms with Gasteiger partial charge >= 0.3 is 5.97 Å². The van der Waals surface area contributed by atoms with Gasteiger partial charge in [-0.15, -0.1) is 0 Å². The Morgan fingerprint density at radius 3 is 2.09 bits per heavy atom. The van der Waals surface area contributed by atoms with Crippen LogP contribution in [0.1, 0.15) is 20.7 Å². The van der Waals surface area contributed by atoms with Gasteiger partial charge in [-0.05, 0) is 42.5 Å². The Bertz CT molecular complexity index is 709. The number of benzene rings is 2. The molecule has 2 rings (SSSR count). The first-order chi connectivity index (χ1) is 10.4. The van der Waals surface area contributed by atoms with Crippen molar-refractivity contribution in [3.05, 3.63) is 53.6 Å². The third-order valence-electron chi connectivity index (χ3n) is 3.14. The van der Waals surface area contributed by atoms with E-state index in [2.05, 4.69) is 5.32 Å². The zero-order valence-corrected chi connectivity index (χ0v) is 12.2. The lowest BCUT2D eigenvalue weighted by Crippen LogP contribution is -2.13. The van der Waals surface area contributed by atoms with Crippen molar-refractivity contribution in [3.63, 3.8) is 0 Å². The highest BCUT2D eigenvalue weighted by atomic mass is 16.4. The second-order valence-electron chi connectivity index (χ2n) is 4.93. The van der Waals surface area contributed by atoms with E-state index in [0.717, 1.165) is 11.8 Å². The number of carboxylic acids is 1. The SMILES string of the molecule is CN(C)c1ccc(C(=O)Nc2ccc(C(=O)O)cc2O)cc1. The van der Waals surface area contributed by atoms with Crippen molar-refractivity contribution in [2.45, 2.75) is 0 Å². The molecule has 0 unspecified atom stereocenters. The number of aromatic hydroxyl groups is 1. The number of carbonyl (C=O) groups excluding carboxylic acids is 1. The van der Waals surface area contributed by atoms with Gasteiger partial charge in [0.1, 0.15) is 5.75 Å². The molecule has 0 atom stereocenters. The lowest BCUT2D eigenvalue weighted by molar-refractivity contribution is 0.0696. The number of phenols is 1. The monoisotopic (exact) mass is 300 g/mol. The number of hydrogen-bond donors (Lipinski definition) is 3. The summed E-state index contributed by atoms with van der Waals surface area (Å²) in [6.07, 6.45) is 0. The molecule has 114 valence electrons. The minimum Gasteiger partial charge on any atom is -0.506 e. The number of carboxylic acid groups (broad SMARTS) is 1. The summed E-state index contributed by atoms with van der Waals surface area (Å²) in [6, 6.07) is 10.7. The number of carbonyl (C=O) groups is 2. The Morgan fingerprint density at radius 1 is 1.00 bits per heavy atom. The summed E-state index contributed by atoms with van der Waals surface area (Å²) < 4.78 is 0. The molecule has 1 amide bonds. The fourth-order valence-electron chi connectivity index (χ4n) is 1.88. The lowest BCUT2D eigenvalue weighted by atomic mass is 10.1. The van der Waals surface area contributed by atoms with Crippen LogP contribution in [0.15, 0.2) is 42.5 Å². The number of phenolic OH excluding ortho intramolecular Hbond substituents is 1. The highest BCUT2D eigenvalue weighted by Gasteiger charge is 2.11. The molecule has 2 aromatic carbocycles. The van der Waals surface area contributed by atoms with E-state index in [1.165, 1.54) is 12.1 Å². The van der Waals surface area contributed by atoms with Crippen LogP contribution in [-0.4, -0.2) is 36.2 Å². The highest BCUT2D eigenvalue weighted by Crippen LogP contribution is 2.25. The number of amides is 1. The predicted octanol–water partition coefficient (Wildman–Crippen LogP) is 2.41. The lowest BCUT2D eigenvalue weighted by Gasteiger charge is -2.13. The first kappa shape index (κ1) is 15.4. The average Bonchev–Trinajstić information content (AvgIpc) is 2.49. The molecule has 0 saturated carbocycles. The summed E-state index contributed by atoms with van der Waals surface area (Å²) in [5.74, 6) is -1.82. The van der Waals surface area contributed by atoms with Crippen molar-refractivity contribution in [1.29, 1.82) is 0 Å². The van der Waals surface area contributed by atoms with E-state index in [1.54, 1.807) is 12.1 Å². The van der Waals surface area contributed by atoms with Gasteiger partial charge in [0.2, 0.25) is 0 Å². The summed E-state index contributed by atoms with van der Waals surface area (Å²) in [6.45, 7) is 0. The molecule has 0 heterocycles. The third kappa shape index (κ3) is 3.35. The third-order valence-corrected chi connectivity index (χ3v) is 3.14. The van der Waals surface area contributed by atoms with Crippen LogP contribution in [0.2, 0.25) is 0 Å². The highest BCUT2D eigenvalue weighted by molar-refractivity contribution is 6.05. The van der Waals surface area contributed by atoms with Gasteiger partial charge in [-0.2, -0.15) is 0 Å². The number of hydrogen-bond acceptors (Lipinski definition) is 4. The summed E-state index contributed by atoms with van der Waals surface area (Å²) in [7, 11) is 3.80. The van der Waals surface area contributed by atoms with E-state index < -0.39 is 5.97 Å². The number of nitrogens with zero attached hydrogens (tertiary/aromatic N) is 1.